The van der Waals surface area contributed by atoms with Gasteiger partial charge in [-0.25, -0.2) is 4.79 Å². The number of aromatic nitrogens is 2. The van der Waals surface area contributed by atoms with Gasteiger partial charge in [0.25, 0.3) is 5.56 Å². The lowest BCUT2D eigenvalue weighted by molar-refractivity contribution is -0.120. The number of carbonyl (C=O) groups is 2. The van der Waals surface area contributed by atoms with Gasteiger partial charge in [-0.2, -0.15) is 5.26 Å². The number of rotatable bonds is 7. The van der Waals surface area contributed by atoms with Crippen LogP contribution in [0.25, 0.3) is 10.9 Å². The summed E-state index contributed by atoms with van der Waals surface area (Å²) >= 11 is 0. The van der Waals surface area contributed by atoms with E-state index < -0.39 is 0 Å². The second-order valence-electron chi connectivity index (χ2n) is 10.5. The van der Waals surface area contributed by atoms with E-state index in [0.29, 0.717) is 31.2 Å². The van der Waals surface area contributed by atoms with Crippen molar-refractivity contribution in [2.75, 3.05) is 0 Å². The smallest absolute Gasteiger partial charge is 0.300 e. The molecule has 1 fully saturated rings. The molecule has 7 heteroatoms. The summed E-state index contributed by atoms with van der Waals surface area (Å²) in [7, 11) is 0. The first kappa shape index (κ1) is 38.8. The third kappa shape index (κ3) is 12.3. The van der Waals surface area contributed by atoms with E-state index in [4.69, 9.17) is 5.26 Å². The van der Waals surface area contributed by atoms with Gasteiger partial charge in [0.15, 0.2) is 0 Å². The lowest BCUT2D eigenvalue weighted by Crippen LogP contribution is -2.39. The number of nitriles is 1. The van der Waals surface area contributed by atoms with E-state index in [9.17, 15) is 19.2 Å². The molecule has 43 heavy (non-hydrogen) atoms. The molecule has 0 spiro atoms. The Bertz CT molecular complexity index is 1530. The number of terminal acetylenes is 1. The van der Waals surface area contributed by atoms with Gasteiger partial charge in [-0.05, 0) is 77.1 Å². The van der Waals surface area contributed by atoms with Gasteiger partial charge in [-0.1, -0.05) is 57.0 Å². The maximum absolute atomic E-state index is 12.4. The Hall–Kier alpha value is -4.23. The van der Waals surface area contributed by atoms with Crippen LogP contribution in [0.2, 0.25) is 0 Å². The van der Waals surface area contributed by atoms with Gasteiger partial charge in [0.05, 0.1) is 22.5 Å². The molecular weight excluding hydrogens is 538 g/mol. The summed E-state index contributed by atoms with van der Waals surface area (Å²) in [6.45, 7) is 17.8. The van der Waals surface area contributed by atoms with E-state index in [2.05, 4.69) is 18.9 Å². The fourth-order valence-corrected chi connectivity index (χ4v) is 4.50. The predicted octanol–water partition coefficient (Wildman–Crippen LogP) is 7.25. The van der Waals surface area contributed by atoms with Crippen LogP contribution in [0, 0.1) is 50.9 Å². The molecular formula is C36H49N3O4. The minimum Gasteiger partial charge on any atom is -0.300 e. The van der Waals surface area contributed by atoms with Crippen LogP contribution in [0.4, 0.5) is 0 Å². The van der Waals surface area contributed by atoms with Crippen LogP contribution in [0.3, 0.4) is 0 Å². The third-order valence-corrected chi connectivity index (χ3v) is 6.67. The van der Waals surface area contributed by atoms with Gasteiger partial charge in [-0.3, -0.25) is 18.7 Å². The second kappa shape index (κ2) is 19.8. The zero-order valence-electron chi connectivity index (χ0n) is 27.5. The van der Waals surface area contributed by atoms with E-state index in [1.165, 1.54) is 10.1 Å². The molecule has 232 valence electrons. The van der Waals surface area contributed by atoms with Crippen molar-refractivity contribution in [3.8, 4) is 18.9 Å². The Balaban J connectivity index is 0.000000615. The van der Waals surface area contributed by atoms with Gasteiger partial charge in [0.2, 0.25) is 0 Å². The van der Waals surface area contributed by atoms with E-state index >= 15 is 0 Å². The molecule has 1 aliphatic carbocycles. The van der Waals surface area contributed by atoms with Crippen molar-refractivity contribution in [3.63, 3.8) is 0 Å². The molecule has 0 radical (unpaired) electrons. The van der Waals surface area contributed by atoms with Crippen LogP contribution >= 0.6 is 0 Å². The maximum Gasteiger partial charge on any atom is 0.331 e. The van der Waals surface area contributed by atoms with E-state index in [-0.39, 0.29) is 34.8 Å². The number of nitrogens with zero attached hydrogens (tertiary/aromatic N) is 3. The van der Waals surface area contributed by atoms with Gasteiger partial charge >= 0.3 is 5.69 Å². The summed E-state index contributed by atoms with van der Waals surface area (Å²) in [5.74, 6) is 0.639. The standard InChI is InChI=1S/C14H16N2O2.C9H9N.C9H16O2.C2H6.C2H2/c1-3-15-12-7-4-9(2)8-11(12)13(17)16(14(15)18)10-5-6-10;1-7-3-4-9(6-10)8(2)5-7;1-4-9(11)6-7(2)5-8(3)10;2*1-2/h4,7-8,10H,3,5-6H2,1-2H3;3-5H,1-2H3;7H,4-6H2,1-3H3;1-2H3;1-2H. The zero-order chi connectivity index (χ0) is 33.3. The number of hydrogen-bond acceptors (Lipinski definition) is 5. The average molecular weight is 588 g/mol. The molecule has 0 N–H and O–H groups in total. The molecule has 4 rings (SSSR count). The number of benzene rings is 2. The lowest BCUT2D eigenvalue weighted by atomic mass is 9.98. The SMILES string of the molecule is C#C.CC.CCC(=O)CC(C)CC(C)=O.CCn1c(=O)n(C2CC2)c(=O)c2cc(C)ccc21.Cc1ccc(C#N)c(C)c1. The lowest BCUT2D eigenvalue weighted by Gasteiger charge is -2.12. The molecule has 1 unspecified atom stereocenters. The van der Waals surface area contributed by atoms with E-state index in [0.717, 1.165) is 35.0 Å². The van der Waals surface area contributed by atoms with Crippen molar-refractivity contribution in [3.05, 3.63) is 79.5 Å². The molecule has 0 amide bonds. The summed E-state index contributed by atoms with van der Waals surface area (Å²) in [6, 6.07) is 13.7. The quantitative estimate of drug-likeness (QED) is 0.271. The van der Waals surface area contributed by atoms with Gasteiger partial charge < -0.3 is 4.79 Å². The van der Waals surface area contributed by atoms with Crippen LogP contribution in [0.1, 0.15) is 102 Å². The molecule has 1 atom stereocenters. The molecule has 0 bridgehead atoms. The van der Waals surface area contributed by atoms with E-state index in [1.54, 1.807) is 11.5 Å². The fourth-order valence-electron chi connectivity index (χ4n) is 4.50. The fraction of sp³-hybridized carbons (Fsp3) is 0.472. The highest BCUT2D eigenvalue weighted by atomic mass is 16.2. The maximum atomic E-state index is 12.4. The Labute approximate surface area is 257 Å². The van der Waals surface area contributed by atoms with Crippen LogP contribution < -0.4 is 11.2 Å². The number of hydrogen-bond donors (Lipinski definition) is 0. The topological polar surface area (TPSA) is 102 Å². The monoisotopic (exact) mass is 587 g/mol. The summed E-state index contributed by atoms with van der Waals surface area (Å²) in [5.41, 5.74) is 4.52. The molecule has 2 aromatic carbocycles. The van der Waals surface area contributed by atoms with Crippen molar-refractivity contribution in [1.82, 2.24) is 9.13 Å². The zero-order valence-corrected chi connectivity index (χ0v) is 27.5. The molecule has 1 aliphatic rings. The molecule has 0 saturated heterocycles. The minimum absolute atomic E-state index is 0.118. The first-order valence-electron chi connectivity index (χ1n) is 15.0. The number of carbonyl (C=O) groups excluding carboxylic acids is 2. The number of ketones is 2. The largest absolute Gasteiger partial charge is 0.331 e. The summed E-state index contributed by atoms with van der Waals surface area (Å²) in [5, 5.41) is 9.22. The van der Waals surface area contributed by atoms with Gasteiger partial charge in [0, 0.05) is 31.8 Å². The highest BCUT2D eigenvalue weighted by Gasteiger charge is 2.28. The Morgan fingerprint density at radius 1 is 0.977 bits per heavy atom. The normalized spacial score (nSPS) is 11.9. The van der Waals surface area contributed by atoms with Gasteiger partial charge in [-0.15, -0.1) is 12.8 Å². The van der Waals surface area contributed by atoms with Crippen molar-refractivity contribution in [2.24, 2.45) is 5.92 Å². The van der Waals surface area contributed by atoms with Gasteiger partial charge in [0.1, 0.15) is 11.6 Å². The van der Waals surface area contributed by atoms with Crippen molar-refractivity contribution in [1.29, 1.82) is 5.26 Å². The number of aryl methyl sites for hydroxylation is 4. The Morgan fingerprint density at radius 3 is 2.00 bits per heavy atom. The number of Topliss-reactive ketones (excluding diaryl/α,β-unsaturated/α-hetero) is 2. The predicted molar refractivity (Wildman–Crippen MR) is 177 cm³/mol. The highest BCUT2D eigenvalue weighted by molar-refractivity contribution is 5.80. The van der Waals surface area contributed by atoms with Crippen LogP contribution in [-0.4, -0.2) is 20.7 Å². The average Bonchev–Trinajstić information content (AvgIpc) is 3.81. The summed E-state index contributed by atoms with van der Waals surface area (Å²) in [4.78, 5) is 46.2. The molecule has 0 aliphatic heterocycles. The van der Waals surface area contributed by atoms with Crippen molar-refractivity contribution < 1.29 is 9.59 Å². The Kier molecular flexibility index (Phi) is 17.9. The third-order valence-electron chi connectivity index (χ3n) is 6.67. The van der Waals surface area contributed by atoms with Crippen LogP contribution in [-0.2, 0) is 16.1 Å². The number of fused-ring (bicyclic) bond motifs is 1. The second-order valence-corrected chi connectivity index (χ2v) is 10.5. The summed E-state index contributed by atoms with van der Waals surface area (Å²) in [6.07, 6.45) is 11.6. The molecule has 1 aromatic heterocycles. The Morgan fingerprint density at radius 2 is 1.53 bits per heavy atom. The van der Waals surface area contributed by atoms with Crippen molar-refractivity contribution >= 4 is 22.5 Å². The van der Waals surface area contributed by atoms with E-state index in [1.807, 2.05) is 91.8 Å². The van der Waals surface area contributed by atoms with Crippen LogP contribution in [0.15, 0.2) is 46.0 Å². The first-order chi connectivity index (χ1) is 20.4. The minimum atomic E-state index is -0.165. The molecule has 1 heterocycles. The first-order valence-corrected chi connectivity index (χ1v) is 15.0. The highest BCUT2D eigenvalue weighted by Crippen LogP contribution is 2.32. The summed E-state index contributed by atoms with van der Waals surface area (Å²) < 4.78 is 3.12. The van der Waals surface area contributed by atoms with Crippen molar-refractivity contribution in [2.45, 2.75) is 107 Å². The molecule has 7 nitrogen and oxygen atoms in total. The molecule has 3 aromatic rings. The van der Waals surface area contributed by atoms with Crippen LogP contribution in [0.5, 0.6) is 0 Å². The molecule has 1 saturated carbocycles.